The number of thioether (sulfide) groups is 1. The fraction of sp³-hybridized carbons (Fsp3) is 0.571. The molecule has 0 spiro atoms. The molecular weight excluding hydrogens is 233 g/mol. The van der Waals surface area contributed by atoms with Crippen molar-refractivity contribution in [3.8, 4) is 0 Å². The molecule has 0 radical (unpaired) electrons. The Hall–Kier alpha value is -0.700. The summed E-state index contributed by atoms with van der Waals surface area (Å²) in [5.41, 5.74) is 1.89. The smallest absolute Gasteiger partial charge is 0.146 e. The molecule has 1 N–H and O–H groups in total. The van der Waals surface area contributed by atoms with Gasteiger partial charge < -0.3 is 5.32 Å². The van der Waals surface area contributed by atoms with Gasteiger partial charge in [-0.25, -0.2) is 4.39 Å². The monoisotopic (exact) mass is 253 g/mol. The van der Waals surface area contributed by atoms with E-state index in [9.17, 15) is 4.39 Å². The number of nitrogens with one attached hydrogen (secondary N) is 1. The van der Waals surface area contributed by atoms with Crippen LogP contribution in [0.25, 0.3) is 0 Å². The summed E-state index contributed by atoms with van der Waals surface area (Å²) < 4.78 is 13.8. The Morgan fingerprint density at radius 3 is 2.82 bits per heavy atom. The molecule has 17 heavy (non-hydrogen) atoms. The number of anilines is 1. The summed E-state index contributed by atoms with van der Waals surface area (Å²) in [6, 6.07) is 5.58. The summed E-state index contributed by atoms with van der Waals surface area (Å²) in [6.45, 7) is 6.48. The molecule has 0 aromatic heterocycles. The first-order valence-electron chi connectivity index (χ1n) is 6.10. The van der Waals surface area contributed by atoms with E-state index in [1.165, 1.54) is 18.2 Å². The Kier molecular flexibility index (Phi) is 3.67. The van der Waals surface area contributed by atoms with Gasteiger partial charge in [-0.3, -0.25) is 0 Å². The minimum atomic E-state index is -0.142. The van der Waals surface area contributed by atoms with Crippen LogP contribution in [0, 0.1) is 18.2 Å². The van der Waals surface area contributed by atoms with Crippen molar-refractivity contribution in [2.24, 2.45) is 5.41 Å². The summed E-state index contributed by atoms with van der Waals surface area (Å²) in [5, 5.41) is 3.41. The molecule has 1 aromatic rings. The van der Waals surface area contributed by atoms with Gasteiger partial charge in [-0.05, 0) is 36.1 Å². The third-order valence-corrected chi connectivity index (χ3v) is 4.72. The van der Waals surface area contributed by atoms with Crippen molar-refractivity contribution in [3.63, 3.8) is 0 Å². The number of benzene rings is 1. The zero-order chi connectivity index (χ0) is 12.5. The summed E-state index contributed by atoms with van der Waals surface area (Å²) >= 11 is 1.95. The van der Waals surface area contributed by atoms with Crippen LogP contribution in [-0.4, -0.2) is 17.5 Å². The maximum Gasteiger partial charge on any atom is 0.146 e. The topological polar surface area (TPSA) is 12.0 Å². The third kappa shape index (κ3) is 2.76. The second kappa shape index (κ2) is 4.89. The number of para-hydroxylation sites is 1. The van der Waals surface area contributed by atoms with E-state index in [1.807, 2.05) is 24.8 Å². The highest BCUT2D eigenvalue weighted by Crippen LogP contribution is 2.36. The van der Waals surface area contributed by atoms with Crippen molar-refractivity contribution in [2.75, 3.05) is 16.8 Å². The van der Waals surface area contributed by atoms with Gasteiger partial charge in [0, 0.05) is 11.8 Å². The van der Waals surface area contributed by atoms with Crippen LogP contribution in [0.1, 0.15) is 25.8 Å². The highest BCUT2D eigenvalue weighted by Gasteiger charge is 2.33. The van der Waals surface area contributed by atoms with Crippen molar-refractivity contribution in [1.82, 2.24) is 0 Å². The second-order valence-electron chi connectivity index (χ2n) is 5.44. The Bertz CT molecular complexity index is 383. The number of hydrogen-bond donors (Lipinski definition) is 1. The van der Waals surface area contributed by atoms with E-state index in [1.54, 1.807) is 6.07 Å². The van der Waals surface area contributed by atoms with Gasteiger partial charge in [0.25, 0.3) is 0 Å². The molecule has 0 aliphatic carbocycles. The normalized spacial score (nSPS) is 23.4. The minimum absolute atomic E-state index is 0.142. The van der Waals surface area contributed by atoms with Crippen molar-refractivity contribution in [2.45, 2.75) is 33.2 Å². The van der Waals surface area contributed by atoms with Crippen LogP contribution in [0.15, 0.2) is 18.2 Å². The van der Waals surface area contributed by atoms with Crippen molar-refractivity contribution in [1.29, 1.82) is 0 Å². The molecule has 1 aliphatic heterocycles. The highest BCUT2D eigenvalue weighted by molar-refractivity contribution is 7.99. The van der Waals surface area contributed by atoms with Crippen LogP contribution in [0.5, 0.6) is 0 Å². The Balaban J connectivity index is 2.20. The molecule has 1 aliphatic rings. The van der Waals surface area contributed by atoms with Crippen LogP contribution in [0.3, 0.4) is 0 Å². The van der Waals surface area contributed by atoms with E-state index in [2.05, 4.69) is 19.2 Å². The first-order valence-corrected chi connectivity index (χ1v) is 7.25. The van der Waals surface area contributed by atoms with Crippen molar-refractivity contribution < 1.29 is 4.39 Å². The van der Waals surface area contributed by atoms with E-state index in [0.717, 1.165) is 11.3 Å². The fourth-order valence-electron chi connectivity index (χ4n) is 2.16. The second-order valence-corrected chi connectivity index (χ2v) is 6.59. The first-order chi connectivity index (χ1) is 8.00. The molecule has 1 atom stereocenters. The average molecular weight is 253 g/mol. The molecule has 0 amide bonds. The Morgan fingerprint density at radius 1 is 1.41 bits per heavy atom. The van der Waals surface area contributed by atoms with E-state index in [4.69, 9.17) is 0 Å². The maximum atomic E-state index is 13.8. The van der Waals surface area contributed by atoms with E-state index in [-0.39, 0.29) is 11.2 Å². The molecule has 94 valence electrons. The summed E-state index contributed by atoms with van der Waals surface area (Å²) in [6.07, 6.45) is 1.18. The molecule has 3 heteroatoms. The van der Waals surface area contributed by atoms with Crippen LogP contribution < -0.4 is 5.32 Å². The first kappa shape index (κ1) is 12.7. The lowest BCUT2D eigenvalue weighted by molar-refractivity contribution is 0.304. The summed E-state index contributed by atoms with van der Waals surface area (Å²) in [4.78, 5) is 0. The predicted octanol–water partition coefficient (Wildman–Crippen LogP) is 4.08. The SMILES string of the molecule is Cc1cccc(F)c1NC1CSCCC1(C)C. The average Bonchev–Trinajstić information content (AvgIpc) is 2.25. The molecule has 1 aromatic carbocycles. The summed E-state index contributed by atoms with van der Waals surface area (Å²) in [7, 11) is 0. The van der Waals surface area contributed by atoms with Crippen LogP contribution >= 0.6 is 11.8 Å². The number of halogens is 1. The van der Waals surface area contributed by atoms with Crippen LogP contribution in [-0.2, 0) is 0 Å². The number of rotatable bonds is 2. The molecule has 0 bridgehead atoms. The van der Waals surface area contributed by atoms with E-state index in [0.29, 0.717) is 11.7 Å². The third-order valence-electron chi connectivity index (χ3n) is 3.66. The lowest BCUT2D eigenvalue weighted by Crippen LogP contribution is -2.42. The van der Waals surface area contributed by atoms with Gasteiger partial charge in [0.15, 0.2) is 0 Å². The standard InChI is InChI=1S/C14H20FNS/c1-10-5-4-6-11(15)13(10)16-12-9-17-8-7-14(12,2)3/h4-6,12,16H,7-9H2,1-3H3. The molecule has 1 nitrogen and oxygen atoms in total. The lowest BCUT2D eigenvalue weighted by Gasteiger charge is -2.39. The zero-order valence-corrected chi connectivity index (χ0v) is 11.5. The fourth-order valence-corrected chi connectivity index (χ4v) is 3.77. The van der Waals surface area contributed by atoms with Crippen LogP contribution in [0.2, 0.25) is 0 Å². The lowest BCUT2D eigenvalue weighted by atomic mass is 9.82. The number of hydrogen-bond acceptors (Lipinski definition) is 2. The summed E-state index contributed by atoms with van der Waals surface area (Å²) in [5.74, 6) is 2.12. The predicted molar refractivity (Wildman–Crippen MR) is 74.3 cm³/mol. The van der Waals surface area contributed by atoms with Gasteiger partial charge in [-0.1, -0.05) is 26.0 Å². The Labute approximate surface area is 107 Å². The molecule has 2 rings (SSSR count). The van der Waals surface area contributed by atoms with Gasteiger partial charge >= 0.3 is 0 Å². The van der Waals surface area contributed by atoms with Gasteiger partial charge in [0.05, 0.1) is 5.69 Å². The van der Waals surface area contributed by atoms with Gasteiger partial charge in [0.2, 0.25) is 0 Å². The molecular formula is C14H20FNS. The largest absolute Gasteiger partial charge is 0.378 e. The van der Waals surface area contributed by atoms with E-state index >= 15 is 0 Å². The highest BCUT2D eigenvalue weighted by atomic mass is 32.2. The quantitative estimate of drug-likeness (QED) is 0.852. The maximum absolute atomic E-state index is 13.8. The van der Waals surface area contributed by atoms with Crippen molar-refractivity contribution >= 4 is 17.4 Å². The number of aryl methyl sites for hydroxylation is 1. The van der Waals surface area contributed by atoms with Crippen molar-refractivity contribution in [3.05, 3.63) is 29.6 Å². The van der Waals surface area contributed by atoms with E-state index < -0.39 is 0 Å². The molecule has 1 saturated heterocycles. The molecule has 0 saturated carbocycles. The minimum Gasteiger partial charge on any atom is -0.378 e. The van der Waals surface area contributed by atoms with Gasteiger partial charge in [-0.2, -0.15) is 11.8 Å². The van der Waals surface area contributed by atoms with Crippen LogP contribution in [0.4, 0.5) is 10.1 Å². The molecule has 1 fully saturated rings. The molecule has 1 heterocycles. The molecule has 1 unspecified atom stereocenters. The van der Waals surface area contributed by atoms with Gasteiger partial charge in [0.1, 0.15) is 5.82 Å². The van der Waals surface area contributed by atoms with Gasteiger partial charge in [-0.15, -0.1) is 0 Å². The zero-order valence-electron chi connectivity index (χ0n) is 10.7. The Morgan fingerprint density at radius 2 is 2.18 bits per heavy atom.